The molecular weight excluding hydrogens is 252 g/mol. The molecule has 0 radical (unpaired) electrons. The Labute approximate surface area is 119 Å². The number of rotatable bonds is 3. The highest BCUT2D eigenvalue weighted by atomic mass is 16.6. The molecule has 2 unspecified atom stereocenters. The summed E-state index contributed by atoms with van der Waals surface area (Å²) in [4.78, 5) is 11.9. The molecule has 0 saturated heterocycles. The van der Waals surface area contributed by atoms with E-state index in [-0.39, 0.29) is 5.92 Å². The number of hydrogen-bond donors (Lipinski definition) is 1. The molecule has 106 valence electrons. The average molecular weight is 272 g/mol. The summed E-state index contributed by atoms with van der Waals surface area (Å²) < 4.78 is 5.28. The fraction of sp³-hybridized carbons (Fsp3) is 0.500. The molecule has 0 aliphatic heterocycles. The number of carbonyl (C=O) groups excluding carboxylic acids is 1. The molecule has 1 fully saturated rings. The van der Waals surface area contributed by atoms with Crippen molar-refractivity contribution in [2.75, 3.05) is 0 Å². The van der Waals surface area contributed by atoms with Crippen molar-refractivity contribution in [2.24, 2.45) is 0 Å². The summed E-state index contributed by atoms with van der Waals surface area (Å²) in [5, 5.41) is 11.9. The summed E-state index contributed by atoms with van der Waals surface area (Å²) in [6.45, 7) is 5.47. The highest BCUT2D eigenvalue weighted by Gasteiger charge is 2.56. The maximum atomic E-state index is 11.9. The van der Waals surface area contributed by atoms with E-state index in [2.05, 4.69) is 11.4 Å². The normalized spacial score (nSPS) is 24.6. The van der Waals surface area contributed by atoms with Gasteiger partial charge in [0.25, 0.3) is 0 Å². The van der Waals surface area contributed by atoms with E-state index in [0.29, 0.717) is 6.42 Å². The van der Waals surface area contributed by atoms with E-state index in [0.717, 1.165) is 12.0 Å². The number of benzene rings is 1. The Morgan fingerprint density at radius 2 is 2.10 bits per heavy atom. The number of nitrogens with one attached hydrogen (secondary N) is 1. The number of amides is 1. The fourth-order valence-electron chi connectivity index (χ4n) is 2.45. The summed E-state index contributed by atoms with van der Waals surface area (Å²) >= 11 is 0. The van der Waals surface area contributed by atoms with Gasteiger partial charge in [-0.1, -0.05) is 30.3 Å². The molecule has 0 heterocycles. The molecule has 0 spiro atoms. The Balaban J connectivity index is 2.07. The van der Waals surface area contributed by atoms with Crippen LogP contribution >= 0.6 is 0 Å². The summed E-state index contributed by atoms with van der Waals surface area (Å²) in [6, 6.07) is 12.1. The van der Waals surface area contributed by atoms with Crippen LogP contribution in [0.4, 0.5) is 4.79 Å². The summed E-state index contributed by atoms with van der Waals surface area (Å²) in [5.74, 6) is 0.191. The number of alkyl carbamates (subject to hydrolysis) is 1. The lowest BCUT2D eigenvalue weighted by molar-refractivity contribution is 0.0495. The molecule has 2 rings (SSSR count). The quantitative estimate of drug-likeness (QED) is 0.917. The molecule has 1 aliphatic rings. The molecule has 1 aliphatic carbocycles. The Morgan fingerprint density at radius 3 is 2.65 bits per heavy atom. The Kier molecular flexibility index (Phi) is 3.71. The largest absolute Gasteiger partial charge is 0.444 e. The van der Waals surface area contributed by atoms with Crippen molar-refractivity contribution in [1.29, 1.82) is 5.26 Å². The molecule has 4 nitrogen and oxygen atoms in total. The van der Waals surface area contributed by atoms with Gasteiger partial charge in [0.05, 0.1) is 18.0 Å². The third kappa shape index (κ3) is 3.30. The molecule has 20 heavy (non-hydrogen) atoms. The molecule has 1 aromatic carbocycles. The minimum absolute atomic E-state index is 0.191. The van der Waals surface area contributed by atoms with E-state index in [1.807, 2.05) is 51.1 Å². The van der Waals surface area contributed by atoms with E-state index in [4.69, 9.17) is 10.00 Å². The van der Waals surface area contributed by atoms with Gasteiger partial charge in [-0.3, -0.25) is 0 Å². The van der Waals surface area contributed by atoms with Crippen LogP contribution < -0.4 is 5.32 Å². The molecule has 2 atom stereocenters. The highest BCUT2D eigenvalue weighted by molar-refractivity contribution is 5.70. The van der Waals surface area contributed by atoms with Crippen molar-refractivity contribution in [1.82, 2.24) is 5.32 Å². The standard InChI is InChI=1S/C16H20N2O2/c1-15(2,3)20-14(19)18-16(9-10-17)11-13(16)12-7-5-4-6-8-12/h4-8,13H,9,11H2,1-3H3,(H,18,19). The summed E-state index contributed by atoms with van der Waals surface area (Å²) in [6.07, 6.45) is 0.626. The van der Waals surface area contributed by atoms with Crippen molar-refractivity contribution >= 4 is 6.09 Å². The summed E-state index contributed by atoms with van der Waals surface area (Å²) in [7, 11) is 0. The highest BCUT2D eigenvalue weighted by Crippen LogP contribution is 2.53. The number of carbonyl (C=O) groups is 1. The van der Waals surface area contributed by atoms with Gasteiger partial charge in [0.1, 0.15) is 5.60 Å². The minimum Gasteiger partial charge on any atom is -0.444 e. The van der Waals surface area contributed by atoms with Crippen LogP contribution in [0.3, 0.4) is 0 Å². The molecule has 1 saturated carbocycles. The van der Waals surface area contributed by atoms with Gasteiger partial charge < -0.3 is 10.1 Å². The molecule has 1 N–H and O–H groups in total. The maximum absolute atomic E-state index is 11.9. The van der Waals surface area contributed by atoms with Gasteiger partial charge in [0, 0.05) is 5.92 Å². The van der Waals surface area contributed by atoms with Crippen LogP contribution in [-0.4, -0.2) is 17.2 Å². The van der Waals surface area contributed by atoms with Crippen molar-refractivity contribution in [2.45, 2.75) is 50.7 Å². The molecule has 0 bridgehead atoms. The van der Waals surface area contributed by atoms with Crippen molar-refractivity contribution in [3.63, 3.8) is 0 Å². The van der Waals surface area contributed by atoms with Crippen molar-refractivity contribution in [3.05, 3.63) is 35.9 Å². The predicted octanol–water partition coefficient (Wildman–Crippen LogP) is 3.35. The molecule has 1 aromatic rings. The fourth-order valence-corrected chi connectivity index (χ4v) is 2.45. The Morgan fingerprint density at radius 1 is 1.45 bits per heavy atom. The van der Waals surface area contributed by atoms with Crippen molar-refractivity contribution < 1.29 is 9.53 Å². The smallest absolute Gasteiger partial charge is 0.408 e. The van der Waals surface area contributed by atoms with Crippen LogP contribution in [0, 0.1) is 11.3 Å². The third-order valence-corrected chi connectivity index (χ3v) is 3.42. The van der Waals surface area contributed by atoms with Crippen LogP contribution in [-0.2, 0) is 4.74 Å². The lowest BCUT2D eigenvalue weighted by Crippen LogP contribution is -2.41. The molecule has 4 heteroatoms. The average Bonchev–Trinajstić information content (AvgIpc) is 3.02. The van der Waals surface area contributed by atoms with Gasteiger partial charge in [-0.2, -0.15) is 5.26 Å². The van der Waals surface area contributed by atoms with Crippen LogP contribution in [0.25, 0.3) is 0 Å². The Hall–Kier alpha value is -2.02. The van der Waals surface area contributed by atoms with E-state index >= 15 is 0 Å². The van der Waals surface area contributed by atoms with Crippen LogP contribution in [0.15, 0.2) is 30.3 Å². The second-order valence-electron chi connectivity index (χ2n) is 6.29. The zero-order valence-electron chi connectivity index (χ0n) is 12.1. The molecule has 0 aromatic heterocycles. The van der Waals surface area contributed by atoms with E-state index < -0.39 is 17.2 Å². The van der Waals surface area contributed by atoms with Gasteiger partial charge >= 0.3 is 6.09 Å². The molecule has 1 amide bonds. The Bertz CT molecular complexity index is 528. The van der Waals surface area contributed by atoms with Gasteiger partial charge in [-0.15, -0.1) is 0 Å². The van der Waals surface area contributed by atoms with Gasteiger partial charge in [0.2, 0.25) is 0 Å². The first-order chi connectivity index (χ1) is 9.36. The first-order valence-electron chi connectivity index (χ1n) is 6.79. The number of nitriles is 1. The monoisotopic (exact) mass is 272 g/mol. The van der Waals surface area contributed by atoms with Gasteiger partial charge in [0.15, 0.2) is 0 Å². The first kappa shape index (κ1) is 14.4. The lowest BCUT2D eigenvalue weighted by atomic mass is 10.0. The summed E-state index contributed by atoms with van der Waals surface area (Å²) in [5.41, 5.74) is 0.145. The number of ether oxygens (including phenoxy) is 1. The van der Waals surface area contributed by atoms with Crippen molar-refractivity contribution in [3.8, 4) is 6.07 Å². The molecular formula is C16H20N2O2. The zero-order valence-corrected chi connectivity index (χ0v) is 12.1. The second kappa shape index (κ2) is 5.16. The number of nitrogens with zero attached hydrogens (tertiary/aromatic N) is 1. The van der Waals surface area contributed by atoms with E-state index in [1.54, 1.807) is 0 Å². The topological polar surface area (TPSA) is 62.1 Å². The first-order valence-corrected chi connectivity index (χ1v) is 6.79. The number of hydrogen-bond acceptors (Lipinski definition) is 3. The third-order valence-electron chi connectivity index (χ3n) is 3.42. The maximum Gasteiger partial charge on any atom is 0.408 e. The minimum atomic E-state index is -0.533. The van der Waals surface area contributed by atoms with Gasteiger partial charge in [-0.25, -0.2) is 4.79 Å². The van der Waals surface area contributed by atoms with Crippen LogP contribution in [0.5, 0.6) is 0 Å². The predicted molar refractivity (Wildman–Crippen MR) is 76.1 cm³/mol. The van der Waals surface area contributed by atoms with Gasteiger partial charge in [-0.05, 0) is 32.8 Å². The zero-order chi connectivity index (χ0) is 14.8. The van der Waals surface area contributed by atoms with Crippen LogP contribution in [0.1, 0.15) is 45.1 Å². The van der Waals surface area contributed by atoms with E-state index in [1.165, 1.54) is 0 Å². The van der Waals surface area contributed by atoms with Crippen LogP contribution in [0.2, 0.25) is 0 Å². The lowest BCUT2D eigenvalue weighted by Gasteiger charge is -2.23. The van der Waals surface area contributed by atoms with E-state index in [9.17, 15) is 4.79 Å². The SMILES string of the molecule is CC(C)(C)OC(=O)NC1(CC#N)CC1c1ccccc1. The second-order valence-corrected chi connectivity index (χ2v) is 6.29.